The van der Waals surface area contributed by atoms with Gasteiger partial charge in [-0.3, -0.25) is 15.1 Å². The van der Waals surface area contributed by atoms with Crippen LogP contribution in [0.3, 0.4) is 0 Å². The van der Waals surface area contributed by atoms with Crippen molar-refractivity contribution in [1.29, 1.82) is 0 Å². The van der Waals surface area contributed by atoms with Crippen LogP contribution < -0.4 is 11.3 Å². The molecule has 0 bridgehead atoms. The average Bonchev–Trinajstić information content (AvgIpc) is 3.13. The molecule has 1 aromatic heterocycles. The molecule has 1 amide bonds. The smallest absolute Gasteiger partial charge is 0.275 e. The highest BCUT2D eigenvalue weighted by Crippen LogP contribution is 2.29. The molecule has 0 aliphatic heterocycles. The first kappa shape index (κ1) is 13.5. The van der Waals surface area contributed by atoms with E-state index in [4.69, 9.17) is 10.6 Å². The zero-order valence-corrected chi connectivity index (χ0v) is 11.3. The average molecular weight is 269 g/mol. The highest BCUT2D eigenvalue weighted by Gasteiger charge is 2.28. The van der Waals surface area contributed by atoms with E-state index < -0.39 is 0 Å². The van der Waals surface area contributed by atoms with Gasteiger partial charge in [0.15, 0.2) is 0 Å². The minimum Gasteiger partial charge on any atom is -0.383 e. The second kappa shape index (κ2) is 6.29. The van der Waals surface area contributed by atoms with Crippen LogP contribution in [-0.4, -0.2) is 37.1 Å². The molecule has 3 N–H and O–H groups in total. The molecule has 5 nitrogen and oxygen atoms in total. The maximum atomic E-state index is 11.4. The van der Waals surface area contributed by atoms with Gasteiger partial charge in [0.1, 0.15) is 0 Å². The molecule has 18 heavy (non-hydrogen) atoms. The van der Waals surface area contributed by atoms with Gasteiger partial charge in [-0.05, 0) is 25.0 Å². The SMILES string of the molecule is COCCN(Cc1ccc(C(=O)NN)s1)C1CC1. The largest absolute Gasteiger partial charge is 0.383 e. The lowest BCUT2D eigenvalue weighted by Crippen LogP contribution is -2.29. The molecule has 1 aliphatic rings. The maximum Gasteiger partial charge on any atom is 0.275 e. The van der Waals surface area contributed by atoms with Gasteiger partial charge in [0.05, 0.1) is 11.5 Å². The summed E-state index contributed by atoms with van der Waals surface area (Å²) < 4.78 is 5.13. The van der Waals surface area contributed by atoms with Crippen molar-refractivity contribution >= 4 is 17.2 Å². The minimum atomic E-state index is -0.221. The monoisotopic (exact) mass is 269 g/mol. The number of nitrogens with one attached hydrogen (secondary N) is 1. The first-order chi connectivity index (χ1) is 8.74. The van der Waals surface area contributed by atoms with Crippen LogP contribution in [0.5, 0.6) is 0 Å². The van der Waals surface area contributed by atoms with Gasteiger partial charge in [-0.2, -0.15) is 0 Å². The van der Waals surface area contributed by atoms with E-state index in [1.807, 2.05) is 12.1 Å². The number of hydrazine groups is 1. The number of nitrogens with zero attached hydrogens (tertiary/aromatic N) is 1. The van der Waals surface area contributed by atoms with Gasteiger partial charge in [-0.15, -0.1) is 11.3 Å². The van der Waals surface area contributed by atoms with Crippen LogP contribution in [0.15, 0.2) is 12.1 Å². The van der Waals surface area contributed by atoms with Crippen LogP contribution in [0, 0.1) is 0 Å². The lowest BCUT2D eigenvalue weighted by Gasteiger charge is -2.20. The summed E-state index contributed by atoms with van der Waals surface area (Å²) in [6.45, 7) is 2.58. The highest BCUT2D eigenvalue weighted by atomic mass is 32.1. The summed E-state index contributed by atoms with van der Waals surface area (Å²) >= 11 is 1.50. The minimum absolute atomic E-state index is 0.221. The Morgan fingerprint density at radius 3 is 3.00 bits per heavy atom. The van der Waals surface area contributed by atoms with Gasteiger partial charge in [-0.25, -0.2) is 5.84 Å². The molecule has 0 radical (unpaired) electrons. The molecule has 0 unspecified atom stereocenters. The van der Waals surface area contributed by atoms with Gasteiger partial charge in [0, 0.05) is 31.1 Å². The third-order valence-corrected chi connectivity index (χ3v) is 4.09. The Balaban J connectivity index is 1.93. The Labute approximate surface area is 111 Å². The van der Waals surface area contributed by atoms with Gasteiger partial charge >= 0.3 is 0 Å². The maximum absolute atomic E-state index is 11.4. The number of nitrogens with two attached hydrogens (primary N) is 1. The lowest BCUT2D eigenvalue weighted by molar-refractivity contribution is 0.0957. The third-order valence-electron chi connectivity index (χ3n) is 3.02. The molecule has 100 valence electrons. The van der Waals surface area contributed by atoms with Gasteiger partial charge in [-0.1, -0.05) is 0 Å². The fourth-order valence-electron chi connectivity index (χ4n) is 1.90. The molecule has 0 aromatic carbocycles. The van der Waals surface area contributed by atoms with Crippen molar-refractivity contribution in [1.82, 2.24) is 10.3 Å². The molecule has 1 fully saturated rings. The Hall–Kier alpha value is -0.950. The molecule has 1 saturated carbocycles. The second-order valence-electron chi connectivity index (χ2n) is 4.43. The van der Waals surface area contributed by atoms with E-state index in [0.29, 0.717) is 10.9 Å². The first-order valence-electron chi connectivity index (χ1n) is 6.07. The first-order valence-corrected chi connectivity index (χ1v) is 6.89. The second-order valence-corrected chi connectivity index (χ2v) is 5.60. The molecule has 0 spiro atoms. The van der Waals surface area contributed by atoms with Crippen molar-refractivity contribution in [2.24, 2.45) is 5.84 Å². The third kappa shape index (κ3) is 3.52. The topological polar surface area (TPSA) is 67.6 Å². The summed E-state index contributed by atoms with van der Waals surface area (Å²) in [6, 6.07) is 4.51. The van der Waals surface area contributed by atoms with E-state index in [1.54, 1.807) is 7.11 Å². The van der Waals surface area contributed by atoms with Crippen molar-refractivity contribution in [3.8, 4) is 0 Å². The number of thiophene rings is 1. The number of methoxy groups -OCH3 is 1. The number of ether oxygens (including phenoxy) is 1. The molecule has 0 atom stereocenters. The zero-order valence-electron chi connectivity index (χ0n) is 10.5. The molecule has 1 heterocycles. The van der Waals surface area contributed by atoms with E-state index in [2.05, 4.69) is 10.3 Å². The molecule has 1 aliphatic carbocycles. The summed E-state index contributed by atoms with van der Waals surface area (Å²) in [5.74, 6) is 4.90. The normalized spacial score (nSPS) is 15.1. The summed E-state index contributed by atoms with van der Waals surface area (Å²) in [4.78, 5) is 15.6. The molecule has 1 aromatic rings. The fourth-order valence-corrected chi connectivity index (χ4v) is 2.83. The van der Waals surface area contributed by atoms with E-state index >= 15 is 0 Å². The predicted octanol–water partition coefficient (Wildman–Crippen LogP) is 0.962. The van der Waals surface area contributed by atoms with Gasteiger partial charge < -0.3 is 4.74 Å². The van der Waals surface area contributed by atoms with Crippen molar-refractivity contribution in [2.45, 2.75) is 25.4 Å². The quantitative estimate of drug-likeness (QED) is 0.439. The Bertz CT molecular complexity index is 404. The summed E-state index contributed by atoms with van der Waals surface area (Å²) in [5.41, 5.74) is 2.16. The Morgan fingerprint density at radius 1 is 1.61 bits per heavy atom. The Kier molecular flexibility index (Phi) is 4.71. The number of hydrogen-bond donors (Lipinski definition) is 2. The van der Waals surface area contributed by atoms with Crippen LogP contribution in [0.25, 0.3) is 0 Å². The fraction of sp³-hybridized carbons (Fsp3) is 0.583. The number of carbonyl (C=O) groups is 1. The van der Waals surface area contributed by atoms with E-state index in [-0.39, 0.29) is 5.91 Å². The van der Waals surface area contributed by atoms with E-state index in [0.717, 1.165) is 19.7 Å². The number of carbonyl (C=O) groups excluding carboxylic acids is 1. The van der Waals surface area contributed by atoms with Gasteiger partial charge in [0.25, 0.3) is 5.91 Å². The van der Waals surface area contributed by atoms with E-state index in [9.17, 15) is 4.79 Å². The summed E-state index contributed by atoms with van der Waals surface area (Å²) in [7, 11) is 1.72. The predicted molar refractivity (Wildman–Crippen MR) is 71.3 cm³/mol. The van der Waals surface area contributed by atoms with Crippen LogP contribution >= 0.6 is 11.3 Å². The number of hydrogen-bond acceptors (Lipinski definition) is 5. The van der Waals surface area contributed by atoms with Crippen LogP contribution in [0.4, 0.5) is 0 Å². The number of nitrogen functional groups attached to an aromatic ring is 1. The van der Waals surface area contributed by atoms with Crippen molar-refractivity contribution in [3.63, 3.8) is 0 Å². The number of rotatable bonds is 7. The van der Waals surface area contributed by atoms with Crippen LogP contribution in [0.2, 0.25) is 0 Å². The summed E-state index contributed by atoms with van der Waals surface area (Å²) in [5, 5.41) is 0. The van der Waals surface area contributed by atoms with Crippen molar-refractivity contribution in [3.05, 3.63) is 21.9 Å². The van der Waals surface area contributed by atoms with Crippen LogP contribution in [-0.2, 0) is 11.3 Å². The van der Waals surface area contributed by atoms with Crippen LogP contribution in [0.1, 0.15) is 27.4 Å². The van der Waals surface area contributed by atoms with Crippen molar-refractivity contribution < 1.29 is 9.53 Å². The zero-order chi connectivity index (χ0) is 13.0. The van der Waals surface area contributed by atoms with E-state index in [1.165, 1.54) is 29.1 Å². The number of amides is 1. The lowest BCUT2D eigenvalue weighted by atomic mass is 10.3. The van der Waals surface area contributed by atoms with Gasteiger partial charge in [0.2, 0.25) is 0 Å². The Morgan fingerprint density at radius 2 is 2.39 bits per heavy atom. The molecule has 6 heteroatoms. The molecule has 2 rings (SSSR count). The molecular weight excluding hydrogens is 250 g/mol. The standard InChI is InChI=1S/C12H19N3O2S/c1-17-7-6-15(9-2-3-9)8-10-4-5-11(18-10)12(16)14-13/h4-5,9H,2-3,6-8,13H2,1H3,(H,14,16). The molecular formula is C12H19N3O2S. The summed E-state index contributed by atoms with van der Waals surface area (Å²) in [6.07, 6.45) is 2.54. The molecule has 0 saturated heterocycles. The van der Waals surface area contributed by atoms with Crippen molar-refractivity contribution in [2.75, 3.05) is 20.3 Å². The highest BCUT2D eigenvalue weighted by molar-refractivity contribution is 7.14.